The minimum Gasteiger partial charge on any atom is -0.466 e. The average molecular weight is 471 g/mol. The maximum absolute atomic E-state index is 12.6. The molecule has 10 nitrogen and oxygen atoms in total. The number of hydrogen-bond acceptors (Lipinski definition) is 9. The Balaban J connectivity index is 2.45. The van der Waals surface area contributed by atoms with Crippen LogP contribution in [-0.4, -0.2) is 51.2 Å². The molecule has 0 aliphatic carbocycles. The van der Waals surface area contributed by atoms with Gasteiger partial charge in [0.1, 0.15) is 5.82 Å². The number of ether oxygens (including phenoxy) is 1. The van der Waals surface area contributed by atoms with E-state index in [0.29, 0.717) is 11.3 Å². The van der Waals surface area contributed by atoms with Crippen LogP contribution in [0.2, 0.25) is 0 Å². The SMILES string of the molecule is CCOC(=O)Cc1cnc(S(C)(=O)=O)nc1Nc1cccc(S(=O)(=O)NC(C)(C)C)c1. The van der Waals surface area contributed by atoms with Crippen molar-refractivity contribution >= 4 is 37.3 Å². The number of esters is 1. The van der Waals surface area contributed by atoms with E-state index >= 15 is 0 Å². The Morgan fingerprint density at radius 3 is 2.42 bits per heavy atom. The van der Waals surface area contributed by atoms with Gasteiger partial charge in [0.05, 0.1) is 17.9 Å². The van der Waals surface area contributed by atoms with Gasteiger partial charge >= 0.3 is 5.97 Å². The van der Waals surface area contributed by atoms with Gasteiger partial charge in [-0.1, -0.05) is 6.07 Å². The highest BCUT2D eigenvalue weighted by molar-refractivity contribution is 7.90. The fourth-order valence-corrected chi connectivity index (χ4v) is 4.48. The van der Waals surface area contributed by atoms with Crippen molar-refractivity contribution in [2.24, 2.45) is 0 Å². The molecule has 1 aromatic carbocycles. The van der Waals surface area contributed by atoms with Crippen molar-refractivity contribution in [3.05, 3.63) is 36.0 Å². The standard InChI is InChI=1S/C19H26N4O6S2/c1-6-29-16(24)10-13-12-20-18(30(5,25)26)22-17(13)21-14-8-7-9-15(11-14)31(27,28)23-19(2,3)4/h7-9,11-12,23H,6,10H2,1-5H3,(H,20,21,22). The second-order valence-corrected chi connectivity index (χ2v) is 11.4. The third-order valence-electron chi connectivity index (χ3n) is 3.66. The van der Waals surface area contributed by atoms with Crippen LogP contribution < -0.4 is 10.0 Å². The molecule has 0 bridgehead atoms. The van der Waals surface area contributed by atoms with Crippen LogP contribution in [0.1, 0.15) is 33.3 Å². The van der Waals surface area contributed by atoms with Crippen molar-refractivity contribution in [2.45, 2.75) is 49.7 Å². The molecule has 170 valence electrons. The number of nitrogens with zero attached hydrogens (tertiary/aromatic N) is 2. The molecule has 0 aliphatic rings. The number of carbonyl (C=O) groups excluding carboxylic acids is 1. The number of anilines is 2. The lowest BCUT2D eigenvalue weighted by molar-refractivity contribution is -0.142. The van der Waals surface area contributed by atoms with E-state index in [4.69, 9.17) is 4.74 Å². The van der Waals surface area contributed by atoms with Gasteiger partial charge in [0.2, 0.25) is 25.0 Å². The average Bonchev–Trinajstić information content (AvgIpc) is 2.61. The van der Waals surface area contributed by atoms with Gasteiger partial charge in [-0.2, -0.15) is 0 Å². The van der Waals surface area contributed by atoms with Crippen molar-refractivity contribution in [1.29, 1.82) is 0 Å². The smallest absolute Gasteiger partial charge is 0.310 e. The van der Waals surface area contributed by atoms with E-state index in [2.05, 4.69) is 20.0 Å². The second kappa shape index (κ2) is 9.28. The first-order chi connectivity index (χ1) is 14.2. The van der Waals surface area contributed by atoms with Crippen molar-refractivity contribution in [1.82, 2.24) is 14.7 Å². The Bertz CT molecular complexity index is 1170. The van der Waals surface area contributed by atoms with Gasteiger partial charge < -0.3 is 10.1 Å². The first-order valence-corrected chi connectivity index (χ1v) is 12.7. The number of sulfonamides is 1. The van der Waals surface area contributed by atoms with E-state index in [1.807, 2.05) is 0 Å². The summed E-state index contributed by atoms with van der Waals surface area (Å²) in [6, 6.07) is 5.93. The van der Waals surface area contributed by atoms with E-state index in [1.54, 1.807) is 33.8 Å². The number of rotatable bonds is 8. The molecular weight excluding hydrogens is 444 g/mol. The molecule has 12 heteroatoms. The molecule has 0 amide bonds. The first kappa shape index (κ1) is 24.7. The van der Waals surface area contributed by atoms with E-state index in [1.165, 1.54) is 24.4 Å². The molecule has 0 fully saturated rings. The third kappa shape index (κ3) is 7.26. The van der Waals surface area contributed by atoms with Crippen molar-refractivity contribution in [3.63, 3.8) is 0 Å². The molecule has 31 heavy (non-hydrogen) atoms. The predicted octanol–water partition coefficient (Wildman–Crippen LogP) is 1.81. The number of hydrogen-bond donors (Lipinski definition) is 2. The second-order valence-electron chi connectivity index (χ2n) is 7.79. The van der Waals surface area contributed by atoms with Gasteiger partial charge in [-0.3, -0.25) is 4.79 Å². The molecule has 0 aliphatic heterocycles. The van der Waals surface area contributed by atoms with E-state index in [9.17, 15) is 21.6 Å². The number of carbonyl (C=O) groups is 1. The molecule has 1 aromatic heterocycles. The minimum atomic E-state index is -3.79. The van der Waals surface area contributed by atoms with E-state index in [-0.39, 0.29) is 23.7 Å². The Kier molecular flexibility index (Phi) is 7.40. The summed E-state index contributed by atoms with van der Waals surface area (Å²) in [4.78, 5) is 19.7. The summed E-state index contributed by atoms with van der Waals surface area (Å²) in [6.07, 6.45) is 2.00. The lowest BCUT2D eigenvalue weighted by Crippen LogP contribution is -2.40. The molecule has 2 aromatic rings. The Morgan fingerprint density at radius 1 is 1.16 bits per heavy atom. The van der Waals surface area contributed by atoms with Crippen LogP contribution in [0.25, 0.3) is 0 Å². The fraction of sp³-hybridized carbons (Fsp3) is 0.421. The predicted molar refractivity (Wildman–Crippen MR) is 115 cm³/mol. The van der Waals surface area contributed by atoms with E-state index < -0.39 is 36.5 Å². The summed E-state index contributed by atoms with van der Waals surface area (Å²) in [7, 11) is -7.50. The quantitative estimate of drug-likeness (QED) is 0.436. The fourth-order valence-electron chi connectivity index (χ4n) is 2.51. The largest absolute Gasteiger partial charge is 0.466 e. The zero-order valence-corrected chi connectivity index (χ0v) is 19.6. The number of aromatic nitrogens is 2. The lowest BCUT2D eigenvalue weighted by Gasteiger charge is -2.20. The first-order valence-electron chi connectivity index (χ1n) is 9.34. The molecule has 0 radical (unpaired) electrons. The summed E-state index contributed by atoms with van der Waals surface area (Å²) in [5.41, 5.74) is -0.0430. The monoisotopic (exact) mass is 470 g/mol. The van der Waals surface area contributed by atoms with Gasteiger partial charge in [-0.05, 0) is 45.9 Å². The molecular formula is C19H26N4O6S2. The zero-order chi connectivity index (χ0) is 23.4. The summed E-state index contributed by atoms with van der Waals surface area (Å²) >= 11 is 0. The van der Waals surface area contributed by atoms with Crippen LogP contribution in [-0.2, 0) is 35.8 Å². The molecule has 0 saturated carbocycles. The van der Waals surface area contributed by atoms with Gasteiger partial charge in [-0.15, -0.1) is 0 Å². The maximum Gasteiger partial charge on any atom is 0.310 e. The molecule has 0 atom stereocenters. The highest BCUT2D eigenvalue weighted by Crippen LogP contribution is 2.23. The van der Waals surface area contributed by atoms with Gasteiger partial charge in [0.25, 0.3) is 0 Å². The lowest BCUT2D eigenvalue weighted by atomic mass is 10.1. The van der Waals surface area contributed by atoms with Crippen LogP contribution in [0.15, 0.2) is 40.5 Å². The Hall–Kier alpha value is -2.57. The highest BCUT2D eigenvalue weighted by atomic mass is 32.2. The van der Waals surface area contributed by atoms with E-state index in [0.717, 1.165) is 6.26 Å². The summed E-state index contributed by atoms with van der Waals surface area (Å²) in [5.74, 6) is -0.478. The van der Waals surface area contributed by atoms with Gasteiger partial charge in [0, 0.05) is 29.2 Å². The van der Waals surface area contributed by atoms with Gasteiger partial charge in [-0.25, -0.2) is 31.5 Å². The van der Waals surface area contributed by atoms with Crippen LogP contribution in [0.3, 0.4) is 0 Å². The van der Waals surface area contributed by atoms with Crippen molar-refractivity contribution < 1.29 is 26.4 Å². The molecule has 2 N–H and O–H groups in total. The molecule has 0 spiro atoms. The molecule has 0 saturated heterocycles. The number of sulfone groups is 1. The van der Waals surface area contributed by atoms with Crippen LogP contribution in [0.5, 0.6) is 0 Å². The third-order valence-corrected chi connectivity index (χ3v) is 6.28. The van der Waals surface area contributed by atoms with Crippen LogP contribution >= 0.6 is 0 Å². The van der Waals surface area contributed by atoms with Gasteiger partial charge in [0.15, 0.2) is 0 Å². The number of nitrogens with one attached hydrogen (secondary N) is 2. The summed E-state index contributed by atoms with van der Waals surface area (Å²) in [5, 5.41) is 2.46. The molecule has 0 unspecified atom stereocenters. The molecule has 1 heterocycles. The highest BCUT2D eigenvalue weighted by Gasteiger charge is 2.23. The Labute approximate surface area is 182 Å². The van der Waals surface area contributed by atoms with Crippen molar-refractivity contribution in [2.75, 3.05) is 18.2 Å². The van der Waals surface area contributed by atoms with Crippen LogP contribution in [0, 0.1) is 0 Å². The summed E-state index contributed by atoms with van der Waals surface area (Å²) < 4.78 is 56.4. The van der Waals surface area contributed by atoms with Crippen LogP contribution in [0.4, 0.5) is 11.5 Å². The maximum atomic E-state index is 12.6. The zero-order valence-electron chi connectivity index (χ0n) is 18.0. The van der Waals surface area contributed by atoms with Crippen molar-refractivity contribution in [3.8, 4) is 0 Å². The topological polar surface area (TPSA) is 144 Å². The Morgan fingerprint density at radius 2 is 1.84 bits per heavy atom. The minimum absolute atomic E-state index is 0.0109. The summed E-state index contributed by atoms with van der Waals surface area (Å²) in [6.45, 7) is 7.02. The number of benzene rings is 1. The normalized spacial score (nSPS) is 12.4. The molecule has 2 rings (SSSR count).